The van der Waals surface area contributed by atoms with Crippen molar-refractivity contribution in [3.05, 3.63) is 41.6 Å². The van der Waals surface area contributed by atoms with Crippen LogP contribution < -0.4 is 5.32 Å². The SMILES string of the molecule is CSCNC(=CC(=N)Cl)CSc1ccc(C2(C)OCCO2)cc1. The van der Waals surface area contributed by atoms with Gasteiger partial charge in [0.2, 0.25) is 0 Å². The molecule has 0 aromatic heterocycles. The largest absolute Gasteiger partial charge is 0.379 e. The molecule has 1 aromatic rings. The molecule has 2 N–H and O–H groups in total. The molecule has 7 heteroatoms. The van der Waals surface area contributed by atoms with Gasteiger partial charge in [-0.05, 0) is 31.4 Å². The van der Waals surface area contributed by atoms with Crippen molar-refractivity contribution in [2.45, 2.75) is 17.6 Å². The van der Waals surface area contributed by atoms with Crippen LogP contribution in [-0.2, 0) is 15.3 Å². The first-order valence-electron chi connectivity index (χ1n) is 7.22. The van der Waals surface area contributed by atoms with Gasteiger partial charge >= 0.3 is 0 Å². The minimum absolute atomic E-state index is 0.0352. The Bertz CT molecular complexity index is 558. The molecule has 1 aliphatic rings. The molecule has 126 valence electrons. The van der Waals surface area contributed by atoms with Gasteiger partial charge in [0.05, 0.1) is 19.1 Å². The second-order valence-electron chi connectivity index (χ2n) is 5.08. The van der Waals surface area contributed by atoms with Crippen LogP contribution in [0.2, 0.25) is 0 Å². The zero-order valence-corrected chi connectivity index (χ0v) is 15.6. The van der Waals surface area contributed by atoms with Crippen molar-refractivity contribution in [3.63, 3.8) is 0 Å². The highest BCUT2D eigenvalue weighted by Crippen LogP contribution is 2.32. The van der Waals surface area contributed by atoms with Crippen molar-refractivity contribution in [2.75, 3.05) is 31.1 Å². The number of hydrogen-bond acceptors (Lipinski definition) is 6. The minimum Gasteiger partial charge on any atom is -0.379 e. The molecule has 0 unspecified atom stereocenters. The maximum absolute atomic E-state index is 7.39. The number of hydrogen-bond donors (Lipinski definition) is 2. The normalized spacial score (nSPS) is 17.3. The molecular weight excluding hydrogens is 352 g/mol. The van der Waals surface area contributed by atoms with Gasteiger partial charge in [-0.25, -0.2) is 0 Å². The van der Waals surface area contributed by atoms with Gasteiger partial charge in [-0.1, -0.05) is 23.7 Å². The van der Waals surface area contributed by atoms with Crippen molar-refractivity contribution in [1.29, 1.82) is 5.41 Å². The summed E-state index contributed by atoms with van der Waals surface area (Å²) in [7, 11) is 0. The second kappa shape index (κ2) is 8.99. The lowest BCUT2D eigenvalue weighted by Gasteiger charge is -2.22. The summed E-state index contributed by atoms with van der Waals surface area (Å²) < 4.78 is 11.3. The zero-order chi connectivity index (χ0) is 16.7. The molecule has 0 atom stereocenters. The van der Waals surface area contributed by atoms with Crippen molar-refractivity contribution < 1.29 is 9.47 Å². The van der Waals surface area contributed by atoms with E-state index in [0.29, 0.717) is 13.2 Å². The van der Waals surface area contributed by atoms with Gasteiger partial charge < -0.3 is 14.8 Å². The maximum Gasteiger partial charge on any atom is 0.192 e. The first kappa shape index (κ1) is 18.7. The van der Waals surface area contributed by atoms with Crippen molar-refractivity contribution in [3.8, 4) is 0 Å². The number of rotatable bonds is 8. The van der Waals surface area contributed by atoms with Gasteiger partial charge in [0.1, 0.15) is 5.17 Å². The summed E-state index contributed by atoms with van der Waals surface area (Å²) in [4.78, 5) is 1.15. The third kappa shape index (κ3) is 5.72. The standard InChI is InChI=1S/C16H21ClN2O2S2/c1-16(20-7-8-21-16)12-3-5-14(6-4-12)23-10-13(9-15(17)18)19-11-22-2/h3-6,9,18-19H,7-8,10-11H2,1-2H3. The average molecular weight is 373 g/mol. The lowest BCUT2D eigenvalue weighted by Crippen LogP contribution is -2.22. The Morgan fingerprint density at radius 3 is 2.57 bits per heavy atom. The molecule has 0 aliphatic carbocycles. The summed E-state index contributed by atoms with van der Waals surface area (Å²) in [6, 6.07) is 8.20. The third-order valence-electron chi connectivity index (χ3n) is 3.36. The zero-order valence-electron chi connectivity index (χ0n) is 13.2. The Labute approximate surface area is 150 Å². The van der Waals surface area contributed by atoms with E-state index in [1.165, 1.54) is 0 Å². The molecule has 1 heterocycles. The molecule has 1 aliphatic heterocycles. The summed E-state index contributed by atoms with van der Waals surface area (Å²) in [6.07, 6.45) is 3.68. The maximum atomic E-state index is 7.39. The summed E-state index contributed by atoms with van der Waals surface area (Å²) in [5, 5.41) is 10.7. The van der Waals surface area contributed by atoms with Gasteiger partial charge in [0.15, 0.2) is 5.79 Å². The first-order chi connectivity index (χ1) is 11.0. The van der Waals surface area contributed by atoms with E-state index in [1.54, 1.807) is 29.6 Å². The van der Waals surface area contributed by atoms with Gasteiger partial charge in [-0.3, -0.25) is 5.41 Å². The molecular formula is C16H21ClN2O2S2. The minimum atomic E-state index is -0.623. The van der Waals surface area contributed by atoms with Crippen molar-refractivity contribution >= 4 is 40.3 Å². The van der Waals surface area contributed by atoms with Crippen LogP contribution >= 0.6 is 35.1 Å². The van der Waals surface area contributed by atoms with Crippen LogP contribution in [-0.4, -0.2) is 36.3 Å². The molecule has 1 fully saturated rings. The lowest BCUT2D eigenvalue weighted by molar-refractivity contribution is -0.149. The molecule has 4 nitrogen and oxygen atoms in total. The third-order valence-corrected chi connectivity index (χ3v) is 4.96. The molecule has 0 spiro atoms. The summed E-state index contributed by atoms with van der Waals surface area (Å²) in [5.41, 5.74) is 1.97. The highest BCUT2D eigenvalue weighted by atomic mass is 35.5. The Morgan fingerprint density at radius 2 is 2.00 bits per heavy atom. The summed E-state index contributed by atoms with van der Waals surface area (Å²) in [5.74, 6) is 0.906. The Balaban J connectivity index is 1.95. The van der Waals surface area contributed by atoms with Crippen molar-refractivity contribution in [2.24, 2.45) is 0 Å². The fraction of sp³-hybridized carbons (Fsp3) is 0.438. The predicted octanol–water partition coefficient (Wildman–Crippen LogP) is 4.01. The Kier molecular flexibility index (Phi) is 7.30. The monoisotopic (exact) mass is 372 g/mol. The number of allylic oxidation sites excluding steroid dienone is 1. The summed E-state index contributed by atoms with van der Waals surface area (Å²) in [6.45, 7) is 3.21. The average Bonchev–Trinajstić information content (AvgIpc) is 2.98. The van der Waals surface area contributed by atoms with Crippen LogP contribution in [0, 0.1) is 5.41 Å². The fourth-order valence-electron chi connectivity index (χ4n) is 2.16. The van der Waals surface area contributed by atoms with Gasteiger partial charge in [0.25, 0.3) is 0 Å². The highest BCUT2D eigenvalue weighted by molar-refractivity contribution is 7.99. The molecule has 2 rings (SSSR count). The van der Waals surface area contributed by atoms with Crippen molar-refractivity contribution in [1.82, 2.24) is 5.32 Å². The Morgan fingerprint density at radius 1 is 1.35 bits per heavy atom. The van der Waals surface area contributed by atoms with E-state index in [-0.39, 0.29) is 5.17 Å². The molecule has 0 bridgehead atoms. The molecule has 1 saturated heterocycles. The van der Waals surface area contributed by atoms with E-state index >= 15 is 0 Å². The number of ether oxygens (including phenoxy) is 2. The van der Waals surface area contributed by atoms with Gasteiger partial charge in [0, 0.05) is 21.9 Å². The van der Waals surface area contributed by atoms with E-state index < -0.39 is 5.79 Å². The second-order valence-corrected chi connectivity index (χ2v) is 7.40. The van der Waals surface area contributed by atoms with Gasteiger partial charge in [-0.2, -0.15) is 0 Å². The van der Waals surface area contributed by atoms with Crippen LogP contribution in [0.3, 0.4) is 0 Å². The molecule has 0 saturated carbocycles. The lowest BCUT2D eigenvalue weighted by atomic mass is 10.1. The molecule has 23 heavy (non-hydrogen) atoms. The topological polar surface area (TPSA) is 54.3 Å². The van der Waals surface area contributed by atoms with Crippen LogP contribution in [0.1, 0.15) is 12.5 Å². The van der Waals surface area contributed by atoms with Crippen LogP contribution in [0.15, 0.2) is 40.9 Å². The first-order valence-corrected chi connectivity index (χ1v) is 9.98. The molecule has 0 radical (unpaired) electrons. The van der Waals surface area contributed by atoms with E-state index in [2.05, 4.69) is 17.4 Å². The molecule has 0 amide bonds. The number of benzene rings is 1. The van der Waals surface area contributed by atoms with Crippen LogP contribution in [0.25, 0.3) is 0 Å². The van der Waals surface area contributed by atoms with E-state index in [1.807, 2.05) is 25.3 Å². The Hall–Kier alpha value is -0.660. The summed E-state index contributed by atoms with van der Waals surface area (Å²) >= 11 is 9.05. The van der Waals surface area contributed by atoms with Crippen LogP contribution in [0.5, 0.6) is 0 Å². The number of thioether (sulfide) groups is 2. The van der Waals surface area contributed by atoms with Crippen LogP contribution in [0.4, 0.5) is 0 Å². The van der Waals surface area contributed by atoms with Gasteiger partial charge in [-0.15, -0.1) is 23.5 Å². The predicted molar refractivity (Wildman–Crippen MR) is 99.6 cm³/mol. The van der Waals surface area contributed by atoms with E-state index in [9.17, 15) is 0 Å². The quantitative estimate of drug-likeness (QED) is 0.410. The van der Waals surface area contributed by atoms with E-state index in [0.717, 1.165) is 27.8 Å². The smallest absolute Gasteiger partial charge is 0.192 e. The van der Waals surface area contributed by atoms with E-state index in [4.69, 9.17) is 26.5 Å². The number of nitrogens with one attached hydrogen (secondary N) is 2. The number of halogens is 1. The highest BCUT2D eigenvalue weighted by Gasteiger charge is 2.32. The molecule has 1 aromatic carbocycles. The fourth-order valence-corrected chi connectivity index (χ4v) is 3.46.